The molecule has 2 aromatic rings. The van der Waals surface area contributed by atoms with Crippen LogP contribution in [0.1, 0.15) is 23.6 Å². The van der Waals surface area contributed by atoms with Gasteiger partial charge in [0.25, 0.3) is 5.91 Å². The highest BCUT2D eigenvalue weighted by atomic mass is 79.9. The summed E-state index contributed by atoms with van der Waals surface area (Å²) in [5, 5.41) is 2.94. The molecular weight excluding hydrogens is 349 g/mol. The fourth-order valence-corrected chi connectivity index (χ4v) is 3.01. The van der Waals surface area contributed by atoms with Gasteiger partial charge in [0.2, 0.25) is 0 Å². The monoisotopic (exact) mass is 363 g/mol. The molecule has 0 saturated carbocycles. The lowest BCUT2D eigenvalue weighted by molar-refractivity contribution is -0.123. The highest BCUT2D eigenvalue weighted by molar-refractivity contribution is 9.10. The van der Waals surface area contributed by atoms with Crippen LogP contribution in [-0.2, 0) is 11.2 Å². The van der Waals surface area contributed by atoms with E-state index in [1.54, 1.807) is 6.07 Å². The summed E-state index contributed by atoms with van der Waals surface area (Å²) in [7, 11) is 0. The smallest absolute Gasteiger partial charge is 0.258 e. The van der Waals surface area contributed by atoms with Crippen molar-refractivity contribution in [2.24, 2.45) is 0 Å². The largest absolute Gasteiger partial charge is 0.481 e. The van der Waals surface area contributed by atoms with Gasteiger partial charge in [-0.2, -0.15) is 0 Å². The molecule has 1 N–H and O–H groups in total. The Balaban J connectivity index is 1.57. The number of carbonyl (C=O) groups is 1. The number of hydrogen-bond acceptors (Lipinski definition) is 2. The van der Waals surface area contributed by atoms with E-state index in [9.17, 15) is 9.18 Å². The van der Waals surface area contributed by atoms with Crippen molar-refractivity contribution in [3.05, 3.63) is 63.9 Å². The molecule has 1 aliphatic rings. The van der Waals surface area contributed by atoms with E-state index in [1.165, 1.54) is 17.7 Å². The van der Waals surface area contributed by atoms with Crippen LogP contribution < -0.4 is 10.1 Å². The zero-order valence-corrected chi connectivity index (χ0v) is 13.4. The SMILES string of the molecule is O=C(COc1ccc(Br)cc1F)N[C@H]1CCc2ccccc21. The molecule has 0 aromatic heterocycles. The maximum Gasteiger partial charge on any atom is 0.258 e. The third-order valence-electron chi connectivity index (χ3n) is 3.72. The van der Waals surface area contributed by atoms with Gasteiger partial charge < -0.3 is 10.1 Å². The fourth-order valence-electron chi connectivity index (χ4n) is 2.68. The van der Waals surface area contributed by atoms with Crippen LogP contribution in [0.2, 0.25) is 0 Å². The quantitative estimate of drug-likeness (QED) is 0.897. The molecule has 0 saturated heterocycles. The first kappa shape index (κ1) is 15.0. The molecule has 0 fully saturated rings. The summed E-state index contributed by atoms with van der Waals surface area (Å²) >= 11 is 3.18. The van der Waals surface area contributed by atoms with Gasteiger partial charge in [0.1, 0.15) is 0 Å². The van der Waals surface area contributed by atoms with Crippen LogP contribution in [0.4, 0.5) is 4.39 Å². The van der Waals surface area contributed by atoms with E-state index >= 15 is 0 Å². The predicted octanol–water partition coefficient (Wildman–Crippen LogP) is 3.77. The summed E-state index contributed by atoms with van der Waals surface area (Å²) in [6.45, 7) is -0.197. The Labute approximate surface area is 136 Å². The maximum atomic E-state index is 13.6. The topological polar surface area (TPSA) is 38.3 Å². The Morgan fingerprint density at radius 2 is 2.14 bits per heavy atom. The molecule has 1 aliphatic carbocycles. The molecule has 114 valence electrons. The molecule has 22 heavy (non-hydrogen) atoms. The van der Waals surface area contributed by atoms with Crippen LogP contribution in [-0.4, -0.2) is 12.5 Å². The number of fused-ring (bicyclic) bond motifs is 1. The van der Waals surface area contributed by atoms with Gasteiger partial charge in [0.15, 0.2) is 18.2 Å². The molecule has 0 spiro atoms. The molecule has 2 aromatic carbocycles. The molecule has 0 unspecified atom stereocenters. The normalized spacial score (nSPS) is 16.2. The average Bonchev–Trinajstić information content (AvgIpc) is 2.90. The van der Waals surface area contributed by atoms with Gasteiger partial charge in [-0.15, -0.1) is 0 Å². The standard InChI is InChI=1S/C17H15BrFNO2/c18-12-6-8-16(14(19)9-12)22-10-17(21)20-15-7-5-11-3-1-2-4-13(11)15/h1-4,6,8-9,15H,5,7,10H2,(H,20,21)/t15-/m0/s1. The second-order valence-electron chi connectivity index (χ2n) is 5.22. The van der Waals surface area contributed by atoms with E-state index in [-0.39, 0.29) is 24.3 Å². The van der Waals surface area contributed by atoms with Gasteiger partial charge >= 0.3 is 0 Å². The Morgan fingerprint density at radius 3 is 2.95 bits per heavy atom. The van der Waals surface area contributed by atoms with Gasteiger partial charge in [-0.05, 0) is 42.2 Å². The lowest BCUT2D eigenvalue weighted by Crippen LogP contribution is -2.31. The van der Waals surface area contributed by atoms with E-state index in [0.717, 1.165) is 18.4 Å². The number of hydrogen-bond donors (Lipinski definition) is 1. The van der Waals surface area contributed by atoms with E-state index in [2.05, 4.69) is 27.3 Å². The molecule has 0 radical (unpaired) electrons. The first-order valence-corrected chi connectivity index (χ1v) is 7.88. The minimum Gasteiger partial charge on any atom is -0.481 e. The third-order valence-corrected chi connectivity index (χ3v) is 4.21. The zero-order valence-electron chi connectivity index (χ0n) is 11.8. The number of halogens is 2. The molecule has 3 nitrogen and oxygen atoms in total. The fraction of sp³-hybridized carbons (Fsp3) is 0.235. The minimum atomic E-state index is -0.492. The van der Waals surface area contributed by atoms with Crippen molar-refractivity contribution in [3.8, 4) is 5.75 Å². The molecule has 1 atom stereocenters. The highest BCUT2D eigenvalue weighted by Gasteiger charge is 2.23. The van der Waals surface area contributed by atoms with Crippen LogP contribution in [0.15, 0.2) is 46.9 Å². The van der Waals surface area contributed by atoms with Crippen LogP contribution in [0, 0.1) is 5.82 Å². The number of aryl methyl sites for hydroxylation is 1. The van der Waals surface area contributed by atoms with Crippen LogP contribution >= 0.6 is 15.9 Å². The van der Waals surface area contributed by atoms with Crippen molar-refractivity contribution >= 4 is 21.8 Å². The number of rotatable bonds is 4. The molecule has 0 aliphatic heterocycles. The van der Waals surface area contributed by atoms with E-state index in [1.807, 2.05) is 18.2 Å². The summed E-state index contributed by atoms with van der Waals surface area (Å²) in [5.41, 5.74) is 2.43. The first-order chi connectivity index (χ1) is 10.6. The Hall–Kier alpha value is -1.88. The van der Waals surface area contributed by atoms with Crippen molar-refractivity contribution in [2.75, 3.05) is 6.61 Å². The summed E-state index contributed by atoms with van der Waals surface area (Å²) in [4.78, 5) is 12.0. The van der Waals surface area contributed by atoms with Crippen LogP contribution in [0.5, 0.6) is 5.75 Å². The molecule has 0 bridgehead atoms. The third kappa shape index (κ3) is 3.30. The van der Waals surface area contributed by atoms with Gasteiger partial charge in [-0.1, -0.05) is 40.2 Å². The molecule has 1 amide bonds. The maximum absolute atomic E-state index is 13.6. The van der Waals surface area contributed by atoms with Gasteiger partial charge in [-0.3, -0.25) is 4.79 Å². The second-order valence-corrected chi connectivity index (χ2v) is 6.14. The molecular formula is C17H15BrFNO2. The summed E-state index contributed by atoms with van der Waals surface area (Å²) in [6, 6.07) is 12.6. The predicted molar refractivity (Wildman–Crippen MR) is 85.2 cm³/mol. The van der Waals surface area contributed by atoms with E-state index in [0.29, 0.717) is 4.47 Å². The number of amides is 1. The van der Waals surface area contributed by atoms with Crippen molar-refractivity contribution in [2.45, 2.75) is 18.9 Å². The summed E-state index contributed by atoms with van der Waals surface area (Å²) in [6.07, 6.45) is 1.85. The number of carbonyl (C=O) groups excluding carboxylic acids is 1. The van der Waals surface area contributed by atoms with Crippen molar-refractivity contribution in [1.29, 1.82) is 0 Å². The summed E-state index contributed by atoms with van der Waals surface area (Å²) in [5.74, 6) is -0.664. The van der Waals surface area contributed by atoms with Gasteiger partial charge in [0.05, 0.1) is 6.04 Å². The Bertz CT molecular complexity index is 705. The van der Waals surface area contributed by atoms with Crippen LogP contribution in [0.3, 0.4) is 0 Å². The average molecular weight is 364 g/mol. The summed E-state index contributed by atoms with van der Waals surface area (Å²) < 4.78 is 19.5. The van der Waals surface area contributed by atoms with Crippen molar-refractivity contribution < 1.29 is 13.9 Å². The van der Waals surface area contributed by atoms with Gasteiger partial charge in [0, 0.05) is 4.47 Å². The molecule has 0 heterocycles. The van der Waals surface area contributed by atoms with E-state index < -0.39 is 5.82 Å². The lowest BCUT2D eigenvalue weighted by atomic mass is 10.1. The highest BCUT2D eigenvalue weighted by Crippen LogP contribution is 2.30. The van der Waals surface area contributed by atoms with Gasteiger partial charge in [-0.25, -0.2) is 4.39 Å². The first-order valence-electron chi connectivity index (χ1n) is 7.08. The van der Waals surface area contributed by atoms with Crippen molar-refractivity contribution in [1.82, 2.24) is 5.32 Å². The number of benzene rings is 2. The van der Waals surface area contributed by atoms with Crippen LogP contribution in [0.25, 0.3) is 0 Å². The van der Waals surface area contributed by atoms with E-state index in [4.69, 9.17) is 4.74 Å². The van der Waals surface area contributed by atoms with Crippen molar-refractivity contribution in [3.63, 3.8) is 0 Å². The Kier molecular flexibility index (Phi) is 4.43. The number of nitrogens with one attached hydrogen (secondary N) is 1. The number of ether oxygens (including phenoxy) is 1. The zero-order chi connectivity index (χ0) is 15.5. The minimum absolute atomic E-state index is 0.0158. The molecule has 5 heteroatoms. The second kappa shape index (κ2) is 6.48. The Morgan fingerprint density at radius 1 is 1.32 bits per heavy atom. The molecule has 3 rings (SSSR count). The lowest BCUT2D eigenvalue weighted by Gasteiger charge is -2.14.